The van der Waals surface area contributed by atoms with Crippen LogP contribution in [0.4, 0.5) is 0 Å². The van der Waals surface area contributed by atoms with E-state index in [2.05, 4.69) is 15.9 Å². The first kappa shape index (κ1) is 13.9. The summed E-state index contributed by atoms with van der Waals surface area (Å²) in [6.07, 6.45) is -0.861. The van der Waals surface area contributed by atoms with E-state index in [1.54, 1.807) is 30.3 Å². The molecule has 5 heteroatoms. The molecule has 0 aliphatic carbocycles. The Bertz CT molecular complexity index is 589. The smallest absolute Gasteiger partial charge is 0.263 e. The van der Waals surface area contributed by atoms with E-state index in [0.717, 1.165) is 4.47 Å². The van der Waals surface area contributed by atoms with Gasteiger partial charge >= 0.3 is 0 Å². The summed E-state index contributed by atoms with van der Waals surface area (Å²) >= 11 is 9.36. The normalized spacial score (nSPS) is 11.9. The number of primary amides is 1. The monoisotopic (exact) mass is 339 g/mol. The Morgan fingerprint density at radius 3 is 2.47 bits per heavy atom. The lowest BCUT2D eigenvalue weighted by Gasteiger charge is -2.17. The molecule has 2 aromatic rings. The van der Waals surface area contributed by atoms with E-state index in [9.17, 15) is 4.79 Å². The first-order chi connectivity index (χ1) is 9.08. The largest absolute Gasteiger partial charge is 0.474 e. The highest BCUT2D eigenvalue weighted by Crippen LogP contribution is 2.31. The molecule has 0 aliphatic rings. The Balaban J connectivity index is 2.29. The van der Waals surface area contributed by atoms with Crippen LogP contribution in [0.3, 0.4) is 0 Å². The van der Waals surface area contributed by atoms with Crippen molar-refractivity contribution in [1.29, 1.82) is 0 Å². The van der Waals surface area contributed by atoms with Gasteiger partial charge in [-0.1, -0.05) is 57.9 Å². The fraction of sp³-hybridized carbons (Fsp3) is 0.0714. The second-order valence-corrected chi connectivity index (χ2v) is 5.21. The van der Waals surface area contributed by atoms with Crippen molar-refractivity contribution in [3.05, 3.63) is 63.6 Å². The van der Waals surface area contributed by atoms with Gasteiger partial charge in [-0.2, -0.15) is 0 Å². The Morgan fingerprint density at radius 1 is 1.21 bits per heavy atom. The fourth-order valence-electron chi connectivity index (χ4n) is 1.62. The first-order valence-corrected chi connectivity index (χ1v) is 6.71. The molecule has 3 nitrogen and oxygen atoms in total. The number of carbonyl (C=O) groups excluding carboxylic acids is 1. The molecular weight excluding hydrogens is 330 g/mol. The average molecular weight is 341 g/mol. The van der Waals surface area contributed by atoms with Gasteiger partial charge in [-0.15, -0.1) is 0 Å². The average Bonchev–Trinajstić information content (AvgIpc) is 2.38. The van der Waals surface area contributed by atoms with E-state index in [1.165, 1.54) is 0 Å². The molecule has 2 rings (SSSR count). The van der Waals surface area contributed by atoms with E-state index in [1.807, 2.05) is 18.2 Å². The molecule has 1 unspecified atom stereocenters. The SMILES string of the molecule is NC(=O)C(Oc1ccc(Br)cc1Cl)c1ccccc1. The Kier molecular flexibility index (Phi) is 4.45. The third-order valence-corrected chi connectivity index (χ3v) is 3.29. The van der Waals surface area contributed by atoms with E-state index < -0.39 is 12.0 Å². The summed E-state index contributed by atoms with van der Waals surface area (Å²) in [4.78, 5) is 11.5. The summed E-state index contributed by atoms with van der Waals surface area (Å²) in [7, 11) is 0. The number of halogens is 2. The summed E-state index contributed by atoms with van der Waals surface area (Å²) in [6, 6.07) is 14.2. The molecule has 0 saturated carbocycles. The summed E-state index contributed by atoms with van der Waals surface area (Å²) in [6.45, 7) is 0. The molecule has 0 saturated heterocycles. The Morgan fingerprint density at radius 2 is 1.89 bits per heavy atom. The van der Waals surface area contributed by atoms with Gasteiger partial charge in [-0.05, 0) is 18.2 Å². The van der Waals surface area contributed by atoms with Gasteiger partial charge in [0.1, 0.15) is 5.75 Å². The lowest BCUT2D eigenvalue weighted by atomic mass is 10.1. The minimum absolute atomic E-state index is 0.413. The van der Waals surface area contributed by atoms with Crippen LogP contribution in [0.5, 0.6) is 5.75 Å². The molecule has 19 heavy (non-hydrogen) atoms. The van der Waals surface area contributed by atoms with E-state index in [4.69, 9.17) is 22.1 Å². The number of ether oxygens (including phenoxy) is 1. The molecule has 0 bridgehead atoms. The maximum atomic E-state index is 11.5. The number of carbonyl (C=O) groups is 1. The highest BCUT2D eigenvalue weighted by Gasteiger charge is 2.20. The molecule has 0 fully saturated rings. The number of amides is 1. The summed E-state index contributed by atoms with van der Waals surface area (Å²) < 4.78 is 6.45. The minimum atomic E-state index is -0.861. The van der Waals surface area contributed by atoms with E-state index in [0.29, 0.717) is 16.3 Å². The highest BCUT2D eigenvalue weighted by atomic mass is 79.9. The van der Waals surface area contributed by atoms with Crippen LogP contribution in [0.2, 0.25) is 5.02 Å². The molecular formula is C14H11BrClNO2. The second-order valence-electron chi connectivity index (χ2n) is 3.89. The van der Waals surface area contributed by atoms with Crippen molar-refractivity contribution in [2.45, 2.75) is 6.10 Å². The Hall–Kier alpha value is -1.52. The van der Waals surface area contributed by atoms with Gasteiger partial charge in [0.15, 0.2) is 0 Å². The molecule has 0 heterocycles. The van der Waals surface area contributed by atoms with Crippen LogP contribution in [0, 0.1) is 0 Å². The second kappa shape index (κ2) is 6.08. The minimum Gasteiger partial charge on any atom is -0.474 e. The number of rotatable bonds is 4. The molecule has 0 aliphatic heterocycles. The lowest BCUT2D eigenvalue weighted by Crippen LogP contribution is -2.26. The highest BCUT2D eigenvalue weighted by molar-refractivity contribution is 9.10. The zero-order chi connectivity index (χ0) is 13.8. The summed E-state index contributed by atoms with van der Waals surface area (Å²) in [5, 5.41) is 0.413. The van der Waals surface area contributed by atoms with Crippen LogP contribution in [0.1, 0.15) is 11.7 Å². The molecule has 0 spiro atoms. The number of benzene rings is 2. The van der Waals surface area contributed by atoms with Crippen molar-refractivity contribution in [3.8, 4) is 5.75 Å². The van der Waals surface area contributed by atoms with Crippen LogP contribution in [0.15, 0.2) is 53.0 Å². The molecule has 2 aromatic carbocycles. The summed E-state index contributed by atoms with van der Waals surface area (Å²) in [5.41, 5.74) is 6.07. The van der Waals surface area contributed by atoms with Gasteiger partial charge in [0.05, 0.1) is 5.02 Å². The Labute approximate surface area is 124 Å². The zero-order valence-electron chi connectivity index (χ0n) is 9.85. The van der Waals surface area contributed by atoms with Crippen molar-refractivity contribution < 1.29 is 9.53 Å². The van der Waals surface area contributed by atoms with Gasteiger partial charge in [0, 0.05) is 10.0 Å². The predicted molar refractivity (Wildman–Crippen MR) is 78.2 cm³/mol. The third kappa shape index (κ3) is 3.49. The molecule has 98 valence electrons. The standard InChI is InChI=1S/C14H11BrClNO2/c15-10-6-7-12(11(16)8-10)19-13(14(17)18)9-4-2-1-3-5-9/h1-8,13H,(H2,17,18). The van der Waals surface area contributed by atoms with E-state index in [-0.39, 0.29) is 0 Å². The summed E-state index contributed by atoms with van der Waals surface area (Å²) in [5.74, 6) is -0.150. The van der Waals surface area contributed by atoms with Gasteiger partial charge in [-0.3, -0.25) is 4.79 Å². The van der Waals surface area contributed by atoms with Crippen LogP contribution in [-0.2, 0) is 4.79 Å². The van der Waals surface area contributed by atoms with Crippen LogP contribution in [-0.4, -0.2) is 5.91 Å². The first-order valence-electron chi connectivity index (χ1n) is 5.54. The van der Waals surface area contributed by atoms with Gasteiger partial charge < -0.3 is 10.5 Å². The van der Waals surface area contributed by atoms with Crippen molar-refractivity contribution >= 4 is 33.4 Å². The van der Waals surface area contributed by atoms with Crippen LogP contribution in [0.25, 0.3) is 0 Å². The van der Waals surface area contributed by atoms with Crippen molar-refractivity contribution in [3.63, 3.8) is 0 Å². The quantitative estimate of drug-likeness (QED) is 0.922. The van der Waals surface area contributed by atoms with Crippen LogP contribution < -0.4 is 10.5 Å². The van der Waals surface area contributed by atoms with Crippen molar-refractivity contribution in [1.82, 2.24) is 0 Å². The van der Waals surface area contributed by atoms with Crippen LogP contribution >= 0.6 is 27.5 Å². The predicted octanol–water partition coefficient (Wildman–Crippen LogP) is 3.71. The molecule has 0 aromatic heterocycles. The maximum absolute atomic E-state index is 11.5. The van der Waals surface area contributed by atoms with E-state index >= 15 is 0 Å². The maximum Gasteiger partial charge on any atom is 0.263 e. The van der Waals surface area contributed by atoms with Gasteiger partial charge in [-0.25, -0.2) is 0 Å². The molecule has 2 N–H and O–H groups in total. The fourth-order valence-corrected chi connectivity index (χ4v) is 2.33. The third-order valence-electron chi connectivity index (χ3n) is 2.50. The number of hydrogen-bond acceptors (Lipinski definition) is 2. The number of nitrogens with two attached hydrogens (primary N) is 1. The lowest BCUT2D eigenvalue weighted by molar-refractivity contribution is -0.125. The van der Waals surface area contributed by atoms with Crippen molar-refractivity contribution in [2.75, 3.05) is 0 Å². The van der Waals surface area contributed by atoms with Crippen molar-refractivity contribution in [2.24, 2.45) is 5.73 Å². The van der Waals surface area contributed by atoms with Gasteiger partial charge in [0.25, 0.3) is 5.91 Å². The topological polar surface area (TPSA) is 52.3 Å². The number of hydrogen-bond donors (Lipinski definition) is 1. The molecule has 1 atom stereocenters. The molecule has 1 amide bonds. The zero-order valence-corrected chi connectivity index (χ0v) is 12.2. The molecule has 0 radical (unpaired) electrons. The van der Waals surface area contributed by atoms with Gasteiger partial charge in [0.2, 0.25) is 6.10 Å².